The Morgan fingerprint density at radius 1 is 1.24 bits per heavy atom. The number of aliphatic carboxylic acids is 1. The largest absolute Gasteiger partial charge is 0.480 e. The molecule has 0 bridgehead atoms. The summed E-state index contributed by atoms with van der Waals surface area (Å²) in [4.78, 5) is 32.7. The van der Waals surface area contributed by atoms with Crippen molar-refractivity contribution in [2.45, 2.75) is 0 Å². The van der Waals surface area contributed by atoms with E-state index >= 15 is 0 Å². The molecular formula is C13H12ClFN2O4. The van der Waals surface area contributed by atoms with Crippen molar-refractivity contribution in [1.82, 2.24) is 10.6 Å². The van der Waals surface area contributed by atoms with E-state index in [0.717, 1.165) is 6.08 Å². The highest BCUT2D eigenvalue weighted by atomic mass is 35.5. The molecule has 0 heterocycles. The van der Waals surface area contributed by atoms with Crippen LogP contribution >= 0.6 is 11.6 Å². The van der Waals surface area contributed by atoms with Crippen LogP contribution in [0.4, 0.5) is 4.39 Å². The maximum absolute atomic E-state index is 12.9. The summed E-state index contributed by atoms with van der Waals surface area (Å²) in [5.74, 6) is -2.92. The second kappa shape index (κ2) is 8.01. The Balaban J connectivity index is 2.42. The van der Waals surface area contributed by atoms with Crippen molar-refractivity contribution in [3.8, 4) is 0 Å². The maximum Gasteiger partial charge on any atom is 0.322 e. The molecule has 0 unspecified atom stereocenters. The van der Waals surface area contributed by atoms with Gasteiger partial charge >= 0.3 is 5.97 Å². The van der Waals surface area contributed by atoms with Crippen LogP contribution in [0, 0.1) is 5.82 Å². The van der Waals surface area contributed by atoms with Crippen LogP contribution < -0.4 is 10.6 Å². The van der Waals surface area contributed by atoms with Gasteiger partial charge in [-0.25, -0.2) is 4.39 Å². The summed E-state index contributed by atoms with van der Waals surface area (Å²) >= 11 is 5.58. The smallest absolute Gasteiger partial charge is 0.322 e. The third kappa shape index (κ3) is 6.53. The van der Waals surface area contributed by atoms with Gasteiger partial charge in [-0.05, 0) is 23.8 Å². The van der Waals surface area contributed by atoms with Crippen molar-refractivity contribution in [3.63, 3.8) is 0 Å². The first-order valence-electron chi connectivity index (χ1n) is 5.78. The van der Waals surface area contributed by atoms with E-state index in [2.05, 4.69) is 10.6 Å². The van der Waals surface area contributed by atoms with E-state index in [0.29, 0.717) is 5.56 Å². The Kier molecular flexibility index (Phi) is 6.35. The van der Waals surface area contributed by atoms with Gasteiger partial charge in [0.1, 0.15) is 12.4 Å². The van der Waals surface area contributed by atoms with Gasteiger partial charge in [0.05, 0.1) is 11.6 Å². The molecule has 0 fully saturated rings. The number of amides is 2. The lowest BCUT2D eigenvalue weighted by Gasteiger charge is -2.02. The summed E-state index contributed by atoms with van der Waals surface area (Å²) in [6.07, 6.45) is 2.55. The molecule has 1 aromatic carbocycles. The van der Waals surface area contributed by atoms with E-state index in [-0.39, 0.29) is 11.6 Å². The van der Waals surface area contributed by atoms with Crippen LogP contribution in [0.2, 0.25) is 5.02 Å². The average molecular weight is 315 g/mol. The average Bonchev–Trinajstić information content (AvgIpc) is 2.44. The predicted octanol–water partition coefficient (Wildman–Crippen LogP) is 0.809. The molecule has 3 N–H and O–H groups in total. The Labute approximate surface area is 124 Å². The van der Waals surface area contributed by atoms with Crippen LogP contribution in [0.1, 0.15) is 5.56 Å². The Hall–Kier alpha value is -2.41. The molecule has 1 rings (SSSR count). The Morgan fingerprint density at radius 2 is 1.95 bits per heavy atom. The van der Waals surface area contributed by atoms with Crippen molar-refractivity contribution in [3.05, 3.63) is 40.7 Å². The maximum atomic E-state index is 12.9. The quantitative estimate of drug-likeness (QED) is 0.677. The van der Waals surface area contributed by atoms with Crippen LogP contribution in [0.3, 0.4) is 0 Å². The van der Waals surface area contributed by atoms with Crippen molar-refractivity contribution in [2.75, 3.05) is 13.1 Å². The van der Waals surface area contributed by atoms with Crippen LogP contribution in [0.5, 0.6) is 0 Å². The van der Waals surface area contributed by atoms with E-state index < -0.39 is 30.1 Å². The van der Waals surface area contributed by atoms with E-state index in [1.54, 1.807) is 0 Å². The van der Waals surface area contributed by atoms with Gasteiger partial charge in [-0.15, -0.1) is 0 Å². The lowest BCUT2D eigenvalue weighted by Crippen LogP contribution is -2.38. The number of carbonyl (C=O) groups is 3. The highest BCUT2D eigenvalue weighted by molar-refractivity contribution is 6.30. The van der Waals surface area contributed by atoms with Crippen molar-refractivity contribution < 1.29 is 23.9 Å². The minimum absolute atomic E-state index is 0.0643. The summed E-state index contributed by atoms with van der Waals surface area (Å²) < 4.78 is 12.9. The van der Waals surface area contributed by atoms with Gasteiger partial charge in [-0.1, -0.05) is 17.7 Å². The van der Waals surface area contributed by atoms with Crippen LogP contribution in [-0.4, -0.2) is 36.0 Å². The minimum atomic E-state index is -1.18. The van der Waals surface area contributed by atoms with Gasteiger partial charge in [-0.3, -0.25) is 14.4 Å². The summed E-state index contributed by atoms with van der Waals surface area (Å²) in [5, 5.41) is 12.6. The number of carboxylic acids is 1. The van der Waals surface area contributed by atoms with Gasteiger partial charge in [0.15, 0.2) is 0 Å². The molecule has 0 aromatic heterocycles. The molecule has 8 heteroatoms. The number of hydrogen-bond donors (Lipinski definition) is 3. The fourth-order valence-electron chi connectivity index (χ4n) is 1.25. The fraction of sp³-hybridized carbons (Fsp3) is 0.154. The SMILES string of the molecule is O=C(O)CNC(=O)CNC(=O)/C=C/c1ccc(F)c(Cl)c1. The van der Waals surface area contributed by atoms with Gasteiger partial charge in [-0.2, -0.15) is 0 Å². The number of carbonyl (C=O) groups excluding carboxylic acids is 2. The van der Waals surface area contributed by atoms with Crippen LogP contribution in [0.25, 0.3) is 6.08 Å². The Bertz CT molecular complexity index is 590. The zero-order chi connectivity index (χ0) is 15.8. The highest BCUT2D eigenvalue weighted by Crippen LogP contribution is 2.16. The number of hydrogen-bond acceptors (Lipinski definition) is 3. The first-order chi connectivity index (χ1) is 9.88. The molecule has 1 aromatic rings. The van der Waals surface area contributed by atoms with Crippen molar-refractivity contribution >= 4 is 35.5 Å². The molecule has 6 nitrogen and oxygen atoms in total. The molecule has 21 heavy (non-hydrogen) atoms. The molecule has 0 aliphatic heterocycles. The van der Waals surface area contributed by atoms with E-state index in [1.807, 2.05) is 0 Å². The van der Waals surface area contributed by atoms with Gasteiger partial charge < -0.3 is 15.7 Å². The molecule has 0 radical (unpaired) electrons. The van der Waals surface area contributed by atoms with E-state index in [9.17, 15) is 18.8 Å². The van der Waals surface area contributed by atoms with Gasteiger partial charge in [0, 0.05) is 6.08 Å². The van der Waals surface area contributed by atoms with E-state index in [4.69, 9.17) is 16.7 Å². The van der Waals surface area contributed by atoms with Gasteiger partial charge in [0.2, 0.25) is 11.8 Å². The minimum Gasteiger partial charge on any atom is -0.480 e. The highest BCUT2D eigenvalue weighted by Gasteiger charge is 2.05. The molecule has 0 spiro atoms. The lowest BCUT2D eigenvalue weighted by molar-refractivity contribution is -0.137. The Morgan fingerprint density at radius 3 is 2.57 bits per heavy atom. The molecule has 2 amide bonds. The molecule has 0 aliphatic rings. The summed E-state index contributed by atoms with van der Waals surface area (Å²) in [6.45, 7) is -0.862. The third-order valence-corrected chi connectivity index (χ3v) is 2.52. The standard InChI is InChI=1S/C13H12ClFN2O4/c14-9-5-8(1-3-10(9)15)2-4-11(18)16-6-12(19)17-7-13(20)21/h1-5H,6-7H2,(H,16,18)(H,17,19)(H,20,21)/b4-2+. The number of nitrogens with one attached hydrogen (secondary N) is 2. The molecule has 0 atom stereocenters. The summed E-state index contributed by atoms with van der Waals surface area (Å²) in [6, 6.07) is 3.95. The first kappa shape index (κ1) is 16.6. The fourth-order valence-corrected chi connectivity index (χ4v) is 1.44. The number of benzene rings is 1. The second-order valence-corrected chi connectivity index (χ2v) is 4.30. The molecule has 0 saturated carbocycles. The number of rotatable bonds is 6. The van der Waals surface area contributed by atoms with Crippen LogP contribution in [0.15, 0.2) is 24.3 Å². The third-order valence-electron chi connectivity index (χ3n) is 2.23. The predicted molar refractivity (Wildman–Crippen MR) is 74.1 cm³/mol. The van der Waals surface area contributed by atoms with Crippen molar-refractivity contribution in [2.24, 2.45) is 0 Å². The summed E-state index contributed by atoms with van der Waals surface area (Å²) in [7, 11) is 0. The molecule has 0 saturated heterocycles. The first-order valence-corrected chi connectivity index (χ1v) is 6.15. The monoisotopic (exact) mass is 314 g/mol. The lowest BCUT2D eigenvalue weighted by atomic mass is 10.2. The molecular weight excluding hydrogens is 303 g/mol. The normalized spacial score (nSPS) is 10.4. The van der Waals surface area contributed by atoms with Crippen molar-refractivity contribution in [1.29, 1.82) is 0 Å². The molecule has 112 valence electrons. The van der Waals surface area contributed by atoms with Gasteiger partial charge in [0.25, 0.3) is 0 Å². The summed E-state index contributed by atoms with van der Waals surface area (Å²) in [5.41, 5.74) is 0.520. The second-order valence-electron chi connectivity index (χ2n) is 3.90. The molecule has 0 aliphatic carbocycles. The zero-order valence-corrected chi connectivity index (χ0v) is 11.5. The van der Waals surface area contributed by atoms with E-state index in [1.165, 1.54) is 24.3 Å². The van der Waals surface area contributed by atoms with Crippen LogP contribution in [-0.2, 0) is 14.4 Å². The topological polar surface area (TPSA) is 95.5 Å². The zero-order valence-electron chi connectivity index (χ0n) is 10.7. The number of halogens is 2. The number of carboxylic acid groups (broad SMARTS) is 1.